The summed E-state index contributed by atoms with van der Waals surface area (Å²) >= 11 is 0. The fourth-order valence-corrected chi connectivity index (χ4v) is 2.99. The number of imidazole rings is 1. The van der Waals surface area contributed by atoms with Gasteiger partial charge < -0.3 is 14.6 Å². The van der Waals surface area contributed by atoms with E-state index in [9.17, 15) is 4.79 Å². The molecule has 1 saturated heterocycles. The maximum Gasteiger partial charge on any atom is 0.261 e. The molecule has 0 aromatic carbocycles. The van der Waals surface area contributed by atoms with Gasteiger partial charge in [-0.25, -0.2) is 4.98 Å². The van der Waals surface area contributed by atoms with Gasteiger partial charge in [0.25, 0.3) is 5.91 Å². The van der Waals surface area contributed by atoms with Crippen LogP contribution in [-0.2, 0) is 11.8 Å². The van der Waals surface area contributed by atoms with Crippen molar-refractivity contribution in [2.45, 2.75) is 32.7 Å². The van der Waals surface area contributed by atoms with Crippen LogP contribution in [0.1, 0.15) is 36.1 Å². The number of hydrogen-bond acceptors (Lipinski definition) is 4. The van der Waals surface area contributed by atoms with E-state index in [1.807, 2.05) is 25.8 Å². The number of nitrogens with zero attached hydrogens (tertiary/aromatic N) is 4. The van der Waals surface area contributed by atoms with E-state index in [4.69, 9.17) is 4.74 Å². The Labute approximate surface area is 129 Å². The van der Waals surface area contributed by atoms with Crippen molar-refractivity contribution in [2.24, 2.45) is 7.05 Å². The summed E-state index contributed by atoms with van der Waals surface area (Å²) < 4.78 is 7.48. The number of ether oxygens (including phenoxy) is 1. The van der Waals surface area contributed by atoms with Gasteiger partial charge >= 0.3 is 0 Å². The number of aromatic amines is 1. The van der Waals surface area contributed by atoms with E-state index < -0.39 is 0 Å². The first-order valence-corrected chi connectivity index (χ1v) is 7.49. The number of amides is 1. The molecule has 0 spiro atoms. The fourth-order valence-electron chi connectivity index (χ4n) is 2.99. The first kappa shape index (κ1) is 14.6. The van der Waals surface area contributed by atoms with Gasteiger partial charge in [-0.3, -0.25) is 9.48 Å². The molecule has 0 radical (unpaired) electrons. The molecular weight excluding hydrogens is 282 g/mol. The van der Waals surface area contributed by atoms with Gasteiger partial charge in [0.1, 0.15) is 11.5 Å². The first-order chi connectivity index (χ1) is 10.6. The molecule has 3 rings (SSSR count). The second-order valence-electron chi connectivity index (χ2n) is 5.63. The van der Waals surface area contributed by atoms with E-state index in [-0.39, 0.29) is 18.6 Å². The van der Waals surface area contributed by atoms with Crippen molar-refractivity contribution >= 4 is 5.91 Å². The Morgan fingerprint density at radius 2 is 2.32 bits per heavy atom. The molecule has 0 saturated carbocycles. The van der Waals surface area contributed by atoms with E-state index in [0.717, 1.165) is 36.6 Å². The molecule has 1 N–H and O–H groups in total. The highest BCUT2D eigenvalue weighted by atomic mass is 16.5. The van der Waals surface area contributed by atoms with Crippen LogP contribution in [0.3, 0.4) is 0 Å². The Kier molecular flexibility index (Phi) is 3.87. The maximum absolute atomic E-state index is 12.5. The number of aryl methyl sites for hydroxylation is 2. The van der Waals surface area contributed by atoms with E-state index in [0.29, 0.717) is 5.75 Å². The van der Waals surface area contributed by atoms with Crippen molar-refractivity contribution in [2.75, 3.05) is 13.2 Å². The van der Waals surface area contributed by atoms with Gasteiger partial charge in [-0.1, -0.05) is 0 Å². The number of carbonyl (C=O) groups is 1. The van der Waals surface area contributed by atoms with Gasteiger partial charge in [0.2, 0.25) is 0 Å². The van der Waals surface area contributed by atoms with Gasteiger partial charge in [-0.15, -0.1) is 0 Å². The lowest BCUT2D eigenvalue weighted by Gasteiger charge is -2.23. The summed E-state index contributed by atoms with van der Waals surface area (Å²) in [6.07, 6.45) is 5.43. The number of likely N-dealkylation sites (tertiary alicyclic amines) is 1. The third kappa shape index (κ3) is 2.58. The molecule has 1 fully saturated rings. The Balaban J connectivity index is 1.67. The average molecular weight is 303 g/mol. The van der Waals surface area contributed by atoms with Gasteiger partial charge in [-0.05, 0) is 26.7 Å². The summed E-state index contributed by atoms with van der Waals surface area (Å²) in [5.41, 5.74) is 1.73. The predicted molar refractivity (Wildman–Crippen MR) is 80.5 cm³/mol. The van der Waals surface area contributed by atoms with Gasteiger partial charge in [0, 0.05) is 26.0 Å². The molecule has 0 bridgehead atoms. The molecule has 7 heteroatoms. The Bertz CT molecular complexity index is 662. The van der Waals surface area contributed by atoms with Crippen molar-refractivity contribution < 1.29 is 9.53 Å². The number of aromatic nitrogens is 4. The third-order valence-corrected chi connectivity index (χ3v) is 4.19. The molecule has 1 aliphatic heterocycles. The lowest BCUT2D eigenvalue weighted by atomic mass is 10.2. The minimum Gasteiger partial charge on any atom is -0.480 e. The zero-order chi connectivity index (χ0) is 15.7. The monoisotopic (exact) mass is 303 g/mol. The van der Waals surface area contributed by atoms with Crippen LogP contribution in [0.4, 0.5) is 0 Å². The molecular formula is C15H21N5O2. The highest BCUT2D eigenvalue weighted by Crippen LogP contribution is 2.30. The number of carbonyl (C=O) groups excluding carboxylic acids is 1. The van der Waals surface area contributed by atoms with Crippen molar-refractivity contribution in [1.82, 2.24) is 24.6 Å². The second kappa shape index (κ2) is 5.82. The van der Waals surface area contributed by atoms with Crippen molar-refractivity contribution in [3.63, 3.8) is 0 Å². The molecule has 1 atom stereocenters. The van der Waals surface area contributed by atoms with Gasteiger partial charge in [0.15, 0.2) is 12.4 Å². The number of nitrogens with one attached hydrogen (secondary N) is 1. The zero-order valence-corrected chi connectivity index (χ0v) is 13.2. The highest BCUT2D eigenvalue weighted by Gasteiger charge is 2.31. The van der Waals surface area contributed by atoms with Crippen LogP contribution in [0.5, 0.6) is 5.75 Å². The topological polar surface area (TPSA) is 76.0 Å². The van der Waals surface area contributed by atoms with E-state index in [1.54, 1.807) is 17.1 Å². The van der Waals surface area contributed by atoms with Crippen LogP contribution in [0.15, 0.2) is 12.4 Å². The molecule has 0 aliphatic carbocycles. The van der Waals surface area contributed by atoms with Crippen molar-refractivity contribution in [1.29, 1.82) is 0 Å². The lowest BCUT2D eigenvalue weighted by Crippen LogP contribution is -2.35. The maximum atomic E-state index is 12.5. The highest BCUT2D eigenvalue weighted by molar-refractivity contribution is 5.78. The SMILES string of the molecule is Cc1nn(C)c(C)c1OCC(=O)N1CCC[C@H]1c1ncc[nH]1. The van der Waals surface area contributed by atoms with E-state index in [1.165, 1.54) is 0 Å². The fraction of sp³-hybridized carbons (Fsp3) is 0.533. The van der Waals surface area contributed by atoms with Crippen molar-refractivity contribution in [3.05, 3.63) is 29.6 Å². The van der Waals surface area contributed by atoms with Gasteiger partial charge in [0.05, 0.1) is 11.7 Å². The predicted octanol–water partition coefficient (Wildman–Crippen LogP) is 1.50. The minimum atomic E-state index is -0.0125. The molecule has 1 aliphatic rings. The van der Waals surface area contributed by atoms with Crippen LogP contribution >= 0.6 is 0 Å². The molecule has 118 valence electrons. The molecule has 22 heavy (non-hydrogen) atoms. The molecule has 2 aromatic rings. The second-order valence-corrected chi connectivity index (χ2v) is 5.63. The summed E-state index contributed by atoms with van der Waals surface area (Å²) in [7, 11) is 1.87. The molecule has 7 nitrogen and oxygen atoms in total. The quantitative estimate of drug-likeness (QED) is 0.928. The number of hydrogen-bond donors (Lipinski definition) is 1. The van der Waals surface area contributed by atoms with Crippen LogP contribution in [0.2, 0.25) is 0 Å². The summed E-state index contributed by atoms with van der Waals surface area (Å²) in [4.78, 5) is 21.7. The molecule has 1 amide bonds. The molecule has 2 aromatic heterocycles. The standard InChI is InChI=1S/C15H21N5O2/c1-10-14(11(2)19(3)18-10)22-9-13(21)20-8-4-5-12(20)15-16-6-7-17-15/h6-7,12H,4-5,8-9H2,1-3H3,(H,16,17)/t12-/m0/s1. The summed E-state index contributed by atoms with van der Waals surface area (Å²) in [5, 5.41) is 4.29. The van der Waals surface area contributed by atoms with Gasteiger partial charge in [-0.2, -0.15) is 5.10 Å². The lowest BCUT2D eigenvalue weighted by molar-refractivity contribution is -0.134. The minimum absolute atomic E-state index is 0.0125. The Morgan fingerprint density at radius 3 is 2.95 bits per heavy atom. The van der Waals surface area contributed by atoms with E-state index in [2.05, 4.69) is 15.1 Å². The van der Waals surface area contributed by atoms with E-state index >= 15 is 0 Å². The normalized spacial score (nSPS) is 18.0. The summed E-state index contributed by atoms with van der Waals surface area (Å²) in [5.74, 6) is 1.53. The largest absolute Gasteiger partial charge is 0.480 e. The third-order valence-electron chi connectivity index (χ3n) is 4.19. The zero-order valence-electron chi connectivity index (χ0n) is 13.2. The smallest absolute Gasteiger partial charge is 0.261 e. The van der Waals surface area contributed by atoms with Crippen LogP contribution in [0.25, 0.3) is 0 Å². The number of H-pyrrole nitrogens is 1. The van der Waals surface area contributed by atoms with Crippen LogP contribution < -0.4 is 4.74 Å². The summed E-state index contributed by atoms with van der Waals surface area (Å²) in [6, 6.07) is 0.0298. The molecule has 0 unspecified atom stereocenters. The Morgan fingerprint density at radius 1 is 1.50 bits per heavy atom. The Hall–Kier alpha value is -2.31. The first-order valence-electron chi connectivity index (χ1n) is 7.49. The van der Waals surface area contributed by atoms with Crippen LogP contribution in [0, 0.1) is 13.8 Å². The van der Waals surface area contributed by atoms with Crippen LogP contribution in [-0.4, -0.2) is 43.7 Å². The molecule has 3 heterocycles. The summed E-state index contributed by atoms with van der Waals surface area (Å²) in [6.45, 7) is 4.60. The average Bonchev–Trinajstić information content (AvgIpc) is 3.20. The van der Waals surface area contributed by atoms with Crippen molar-refractivity contribution in [3.8, 4) is 5.75 Å². The number of rotatable bonds is 4.